The predicted octanol–water partition coefficient (Wildman–Crippen LogP) is 2.47. The van der Waals surface area contributed by atoms with Crippen LogP contribution in [0, 0.1) is 0 Å². The van der Waals surface area contributed by atoms with E-state index in [0.717, 1.165) is 11.4 Å². The first kappa shape index (κ1) is 27.8. The van der Waals surface area contributed by atoms with Crippen molar-refractivity contribution >= 4 is 6.56 Å². The molecule has 2 nitrogen and oxygen atoms in total. The molecule has 0 saturated heterocycles. The van der Waals surface area contributed by atoms with Gasteiger partial charge in [0.15, 0.2) is 0 Å². The SMILES string of the molecule is C1=CC2=[C]([Zr+2][C]3=C4C=CC=CC4c4cccc(-c5ccccn5)c43)c3c(-c4ccccn4)cccc3C2C=C1.[Cl-].[Cl-]. The Kier molecular flexibility index (Phi) is 7.79. The Morgan fingerprint density at radius 3 is 1.44 bits per heavy atom. The Bertz CT molecular complexity index is 1700. The number of allylic oxidation sites excluding steroid dienone is 10. The van der Waals surface area contributed by atoms with Crippen molar-refractivity contribution in [1.82, 2.24) is 9.97 Å². The molecule has 5 heteroatoms. The fourth-order valence-corrected chi connectivity index (χ4v) is 11.0. The van der Waals surface area contributed by atoms with E-state index in [1.807, 2.05) is 24.5 Å². The summed E-state index contributed by atoms with van der Waals surface area (Å²) in [5.74, 6) is 0.638. The fourth-order valence-electron chi connectivity index (χ4n) is 6.47. The maximum absolute atomic E-state index is 4.79. The zero-order chi connectivity index (χ0) is 25.8. The predicted molar refractivity (Wildman–Crippen MR) is 155 cm³/mol. The molecule has 4 aliphatic carbocycles. The van der Waals surface area contributed by atoms with Crippen LogP contribution in [0.25, 0.3) is 29.1 Å². The monoisotopic (exact) mass is 644 g/mol. The third-order valence-corrected chi connectivity index (χ3v) is 12.0. The molecule has 4 aliphatic rings. The summed E-state index contributed by atoms with van der Waals surface area (Å²) in [6.45, 7) is 0. The Morgan fingerprint density at radius 2 is 1.00 bits per heavy atom. The van der Waals surface area contributed by atoms with Crippen LogP contribution in [0.3, 0.4) is 0 Å². The standard InChI is InChI=1S/2C18H12N.2ClH.Zr/c2*1-2-7-14-13(6-1)12-17-15(14)8-5-9-16(17)18-10-3-4-11-19-18;;;/h2*1-11,14H;2*1H;/q;;;;+2/p-2. The number of aromatic nitrogens is 2. The van der Waals surface area contributed by atoms with Crippen molar-refractivity contribution < 1.29 is 48.0 Å². The molecule has 0 saturated carbocycles. The third kappa shape index (κ3) is 4.52. The summed E-state index contributed by atoms with van der Waals surface area (Å²) in [5.41, 5.74) is 13.2. The van der Waals surface area contributed by atoms with Crippen molar-refractivity contribution in [2.45, 2.75) is 11.8 Å². The van der Waals surface area contributed by atoms with Crippen LogP contribution in [0.15, 0.2) is 145 Å². The minimum absolute atomic E-state index is 0. The zero-order valence-electron chi connectivity index (χ0n) is 22.0. The van der Waals surface area contributed by atoms with Crippen LogP contribution in [0.2, 0.25) is 0 Å². The third-order valence-electron chi connectivity index (χ3n) is 8.12. The Balaban J connectivity index is 0.00000151. The molecule has 0 spiro atoms. The van der Waals surface area contributed by atoms with Gasteiger partial charge in [-0.15, -0.1) is 0 Å². The zero-order valence-corrected chi connectivity index (χ0v) is 26.0. The second-order valence-corrected chi connectivity index (χ2v) is 13.3. The summed E-state index contributed by atoms with van der Waals surface area (Å²) in [5, 5.41) is 0. The van der Waals surface area contributed by atoms with E-state index >= 15 is 0 Å². The molecule has 2 heterocycles. The Hall–Kier alpha value is -3.36. The molecule has 2 atom stereocenters. The van der Waals surface area contributed by atoms with Gasteiger partial charge in [-0.1, -0.05) is 0 Å². The van der Waals surface area contributed by atoms with Gasteiger partial charge >= 0.3 is 241 Å². The first-order chi connectivity index (χ1) is 19.4. The molecule has 0 radical (unpaired) electrons. The van der Waals surface area contributed by atoms with Gasteiger partial charge in [-0.2, -0.15) is 0 Å². The number of hydrogen-bond donors (Lipinski definition) is 0. The number of fused-ring (bicyclic) bond motifs is 6. The second kappa shape index (κ2) is 11.5. The Labute approximate surface area is 264 Å². The molecule has 8 rings (SSSR count). The molecule has 2 unspecified atom stereocenters. The van der Waals surface area contributed by atoms with E-state index in [4.69, 9.17) is 9.97 Å². The number of nitrogens with zero attached hydrogens (tertiary/aromatic N) is 2. The van der Waals surface area contributed by atoms with Crippen molar-refractivity contribution in [2.24, 2.45) is 0 Å². The van der Waals surface area contributed by atoms with Crippen LogP contribution in [0.5, 0.6) is 0 Å². The molecular formula is C36H24Cl2N2Zr. The van der Waals surface area contributed by atoms with E-state index in [1.54, 1.807) is 6.56 Å². The van der Waals surface area contributed by atoms with Gasteiger partial charge in [-0.3, -0.25) is 0 Å². The van der Waals surface area contributed by atoms with Gasteiger partial charge in [0.05, 0.1) is 0 Å². The molecular weight excluding hydrogens is 623 g/mol. The summed E-state index contributed by atoms with van der Waals surface area (Å²) in [6.07, 6.45) is 22.1. The first-order valence-electron chi connectivity index (χ1n) is 13.4. The largest absolute Gasteiger partial charge is 1.00 e. The van der Waals surface area contributed by atoms with Gasteiger partial charge in [0.2, 0.25) is 0 Å². The molecule has 4 aromatic rings. The van der Waals surface area contributed by atoms with E-state index < -0.39 is 23.2 Å². The van der Waals surface area contributed by atoms with Crippen molar-refractivity contribution in [3.8, 4) is 22.5 Å². The molecule has 0 amide bonds. The Morgan fingerprint density at radius 1 is 0.512 bits per heavy atom. The van der Waals surface area contributed by atoms with Crippen LogP contribution in [0.1, 0.15) is 34.1 Å². The van der Waals surface area contributed by atoms with E-state index in [2.05, 4.69) is 109 Å². The molecule has 196 valence electrons. The van der Waals surface area contributed by atoms with Crippen LogP contribution in [-0.4, -0.2) is 9.97 Å². The quantitative estimate of drug-likeness (QED) is 0.341. The van der Waals surface area contributed by atoms with Crippen molar-refractivity contribution in [3.05, 3.63) is 167 Å². The number of benzene rings is 2. The van der Waals surface area contributed by atoms with Crippen molar-refractivity contribution in [1.29, 1.82) is 0 Å². The smallest absolute Gasteiger partial charge is 1.00 e. The number of halogens is 2. The van der Waals surface area contributed by atoms with E-state index in [9.17, 15) is 0 Å². The molecule has 0 N–H and O–H groups in total. The minimum Gasteiger partial charge on any atom is -1.00 e. The number of rotatable bonds is 4. The fraction of sp³-hybridized carbons (Fsp3) is 0.0556. The van der Waals surface area contributed by atoms with E-state index in [-0.39, 0.29) is 24.8 Å². The molecule has 2 aromatic heterocycles. The molecule has 2 aromatic carbocycles. The summed E-state index contributed by atoms with van der Waals surface area (Å²) < 4.78 is 3.15. The number of pyridine rings is 2. The first-order valence-corrected chi connectivity index (χ1v) is 15.9. The average molecular weight is 647 g/mol. The summed E-state index contributed by atoms with van der Waals surface area (Å²) in [6, 6.07) is 26.1. The maximum Gasteiger partial charge on any atom is -1.00 e. The van der Waals surface area contributed by atoms with Gasteiger partial charge < -0.3 is 24.8 Å². The van der Waals surface area contributed by atoms with Crippen LogP contribution >= 0.6 is 0 Å². The molecule has 0 aliphatic heterocycles. The van der Waals surface area contributed by atoms with Crippen LogP contribution < -0.4 is 24.8 Å². The van der Waals surface area contributed by atoms with E-state index in [0.29, 0.717) is 11.8 Å². The minimum atomic E-state index is -1.30. The second-order valence-electron chi connectivity index (χ2n) is 10.2. The van der Waals surface area contributed by atoms with Crippen LogP contribution in [-0.2, 0) is 23.2 Å². The van der Waals surface area contributed by atoms with Crippen LogP contribution in [0.4, 0.5) is 0 Å². The van der Waals surface area contributed by atoms with Gasteiger partial charge in [-0.05, 0) is 0 Å². The average Bonchev–Trinajstić information content (AvgIpc) is 3.51. The summed E-state index contributed by atoms with van der Waals surface area (Å²) in [4.78, 5) is 9.57. The van der Waals surface area contributed by atoms with E-state index in [1.165, 1.54) is 44.5 Å². The van der Waals surface area contributed by atoms with Crippen molar-refractivity contribution in [3.63, 3.8) is 0 Å². The topological polar surface area (TPSA) is 25.8 Å². The normalized spacial score (nSPS) is 18.6. The molecule has 0 bridgehead atoms. The van der Waals surface area contributed by atoms with Gasteiger partial charge in [-0.25, -0.2) is 0 Å². The summed E-state index contributed by atoms with van der Waals surface area (Å²) in [7, 11) is 0. The molecule has 41 heavy (non-hydrogen) atoms. The van der Waals surface area contributed by atoms with Gasteiger partial charge in [0.1, 0.15) is 0 Å². The van der Waals surface area contributed by atoms with Gasteiger partial charge in [0.25, 0.3) is 0 Å². The van der Waals surface area contributed by atoms with Crippen molar-refractivity contribution in [2.75, 3.05) is 0 Å². The number of hydrogen-bond acceptors (Lipinski definition) is 2. The van der Waals surface area contributed by atoms with Gasteiger partial charge in [0, 0.05) is 0 Å². The maximum atomic E-state index is 4.79. The molecule has 0 fully saturated rings. The summed E-state index contributed by atoms with van der Waals surface area (Å²) >= 11 is -1.30.